The Morgan fingerprint density at radius 3 is 2.79 bits per heavy atom. The second-order valence-electron chi connectivity index (χ2n) is 5.83. The zero-order chi connectivity index (χ0) is 13.7. The summed E-state index contributed by atoms with van der Waals surface area (Å²) in [5, 5.41) is 8.99. The second kappa shape index (κ2) is 6.42. The van der Waals surface area contributed by atoms with E-state index in [1.54, 1.807) is 0 Å². The minimum atomic E-state index is 0.107. The van der Waals surface area contributed by atoms with Gasteiger partial charge in [-0.1, -0.05) is 19.9 Å². The average Bonchev–Trinajstić information content (AvgIpc) is 2.85. The first-order valence-corrected chi connectivity index (χ1v) is 8.08. The number of guanidine groups is 1. The van der Waals surface area contributed by atoms with Crippen LogP contribution in [0.4, 0.5) is 0 Å². The number of nitrogens with zero attached hydrogens (tertiary/aromatic N) is 1. The SMILES string of the molecule is CCNC(=NCC(C)(C)c1cccs1)NC1CCC1. The molecule has 0 radical (unpaired) electrons. The Hall–Kier alpha value is -1.03. The van der Waals surface area contributed by atoms with E-state index >= 15 is 0 Å². The standard InChI is InChI=1S/C15H25N3S/c1-4-16-14(18-12-7-5-8-12)17-11-15(2,3)13-9-6-10-19-13/h6,9-10,12H,4-5,7-8,11H2,1-3H3,(H2,16,17,18). The molecule has 0 amide bonds. The molecule has 19 heavy (non-hydrogen) atoms. The fourth-order valence-electron chi connectivity index (χ4n) is 2.08. The van der Waals surface area contributed by atoms with Crippen LogP contribution < -0.4 is 10.6 Å². The number of aliphatic imine (C=N–C) groups is 1. The van der Waals surface area contributed by atoms with Crippen molar-refractivity contribution in [3.8, 4) is 0 Å². The molecule has 0 atom stereocenters. The van der Waals surface area contributed by atoms with Crippen molar-refractivity contribution in [1.29, 1.82) is 0 Å². The van der Waals surface area contributed by atoms with Gasteiger partial charge in [-0.15, -0.1) is 11.3 Å². The molecular weight excluding hydrogens is 254 g/mol. The van der Waals surface area contributed by atoms with Gasteiger partial charge in [-0.3, -0.25) is 4.99 Å². The van der Waals surface area contributed by atoms with Gasteiger partial charge in [-0.2, -0.15) is 0 Å². The third kappa shape index (κ3) is 3.96. The lowest BCUT2D eigenvalue weighted by molar-refractivity contribution is 0.379. The molecule has 0 aromatic carbocycles. The van der Waals surface area contributed by atoms with Crippen molar-refractivity contribution in [2.45, 2.75) is 51.5 Å². The number of thiophene rings is 1. The molecule has 0 aliphatic heterocycles. The van der Waals surface area contributed by atoms with Crippen LogP contribution in [-0.4, -0.2) is 25.1 Å². The third-order valence-electron chi connectivity index (χ3n) is 3.61. The summed E-state index contributed by atoms with van der Waals surface area (Å²) in [6, 6.07) is 4.94. The van der Waals surface area contributed by atoms with Crippen LogP contribution in [0.25, 0.3) is 0 Å². The first-order valence-electron chi connectivity index (χ1n) is 7.20. The van der Waals surface area contributed by atoms with Gasteiger partial charge in [0.15, 0.2) is 5.96 Å². The topological polar surface area (TPSA) is 36.4 Å². The fraction of sp³-hybridized carbons (Fsp3) is 0.667. The smallest absolute Gasteiger partial charge is 0.191 e. The van der Waals surface area contributed by atoms with E-state index in [1.807, 2.05) is 11.3 Å². The van der Waals surface area contributed by atoms with E-state index < -0.39 is 0 Å². The Morgan fingerprint density at radius 1 is 1.47 bits per heavy atom. The Morgan fingerprint density at radius 2 is 2.26 bits per heavy atom. The van der Waals surface area contributed by atoms with Crippen molar-refractivity contribution in [2.24, 2.45) is 4.99 Å². The van der Waals surface area contributed by atoms with Gasteiger partial charge >= 0.3 is 0 Å². The Balaban J connectivity index is 1.96. The molecule has 106 valence electrons. The monoisotopic (exact) mass is 279 g/mol. The lowest BCUT2D eigenvalue weighted by Gasteiger charge is -2.29. The second-order valence-corrected chi connectivity index (χ2v) is 6.78. The third-order valence-corrected chi connectivity index (χ3v) is 4.85. The Labute approximate surface area is 120 Å². The van der Waals surface area contributed by atoms with Crippen LogP contribution in [0.5, 0.6) is 0 Å². The van der Waals surface area contributed by atoms with Gasteiger partial charge in [0, 0.05) is 22.9 Å². The lowest BCUT2D eigenvalue weighted by Crippen LogP contribution is -2.46. The van der Waals surface area contributed by atoms with Gasteiger partial charge in [-0.05, 0) is 37.6 Å². The van der Waals surface area contributed by atoms with Crippen molar-refractivity contribution in [3.63, 3.8) is 0 Å². The normalized spacial score (nSPS) is 17.1. The largest absolute Gasteiger partial charge is 0.357 e. The Bertz CT molecular complexity index is 405. The molecule has 2 N–H and O–H groups in total. The highest BCUT2D eigenvalue weighted by Gasteiger charge is 2.22. The molecule has 0 unspecified atom stereocenters. The summed E-state index contributed by atoms with van der Waals surface area (Å²) < 4.78 is 0. The van der Waals surface area contributed by atoms with E-state index in [4.69, 9.17) is 4.99 Å². The summed E-state index contributed by atoms with van der Waals surface area (Å²) in [6.45, 7) is 8.36. The Kier molecular flexibility index (Phi) is 4.86. The maximum Gasteiger partial charge on any atom is 0.191 e. The van der Waals surface area contributed by atoms with E-state index in [2.05, 4.69) is 48.9 Å². The molecule has 1 aromatic heterocycles. The number of rotatable bonds is 5. The van der Waals surface area contributed by atoms with E-state index in [0.29, 0.717) is 6.04 Å². The van der Waals surface area contributed by atoms with E-state index in [9.17, 15) is 0 Å². The van der Waals surface area contributed by atoms with Crippen LogP contribution in [0.15, 0.2) is 22.5 Å². The van der Waals surface area contributed by atoms with Crippen LogP contribution >= 0.6 is 11.3 Å². The van der Waals surface area contributed by atoms with Crippen LogP contribution in [-0.2, 0) is 5.41 Å². The van der Waals surface area contributed by atoms with E-state index in [0.717, 1.165) is 19.0 Å². The predicted octanol–water partition coefficient (Wildman–Crippen LogP) is 3.13. The van der Waals surface area contributed by atoms with Crippen LogP contribution in [0.2, 0.25) is 0 Å². The van der Waals surface area contributed by atoms with Crippen molar-refractivity contribution in [1.82, 2.24) is 10.6 Å². The zero-order valence-corrected chi connectivity index (χ0v) is 13.0. The first kappa shape index (κ1) is 14.4. The first-order chi connectivity index (χ1) is 9.12. The molecule has 1 aliphatic rings. The molecule has 1 aliphatic carbocycles. The summed E-state index contributed by atoms with van der Waals surface area (Å²) in [6.07, 6.45) is 3.90. The molecule has 0 saturated heterocycles. The minimum Gasteiger partial charge on any atom is -0.357 e. The molecular formula is C15H25N3S. The number of nitrogens with one attached hydrogen (secondary N) is 2. The van der Waals surface area contributed by atoms with Crippen molar-refractivity contribution in [2.75, 3.05) is 13.1 Å². The van der Waals surface area contributed by atoms with Crippen LogP contribution in [0, 0.1) is 0 Å². The molecule has 3 nitrogen and oxygen atoms in total. The molecule has 0 spiro atoms. The lowest BCUT2D eigenvalue weighted by atomic mass is 9.92. The summed E-state index contributed by atoms with van der Waals surface area (Å²) >= 11 is 1.81. The fourth-order valence-corrected chi connectivity index (χ4v) is 2.93. The molecule has 1 fully saturated rings. The summed E-state index contributed by atoms with van der Waals surface area (Å²) in [7, 11) is 0. The van der Waals surface area contributed by atoms with Gasteiger partial charge in [0.25, 0.3) is 0 Å². The molecule has 2 rings (SSSR count). The highest BCUT2D eigenvalue weighted by molar-refractivity contribution is 7.10. The summed E-state index contributed by atoms with van der Waals surface area (Å²) in [5.41, 5.74) is 0.107. The molecule has 1 aromatic rings. The highest BCUT2D eigenvalue weighted by atomic mass is 32.1. The molecule has 4 heteroatoms. The van der Waals surface area contributed by atoms with Crippen molar-refractivity contribution in [3.05, 3.63) is 22.4 Å². The average molecular weight is 279 g/mol. The molecule has 0 bridgehead atoms. The van der Waals surface area contributed by atoms with E-state index in [1.165, 1.54) is 24.1 Å². The summed E-state index contributed by atoms with van der Waals surface area (Å²) in [4.78, 5) is 6.16. The maximum atomic E-state index is 4.76. The van der Waals surface area contributed by atoms with Gasteiger partial charge in [0.05, 0.1) is 6.54 Å². The van der Waals surface area contributed by atoms with Crippen LogP contribution in [0.1, 0.15) is 44.9 Å². The highest BCUT2D eigenvalue weighted by Crippen LogP contribution is 2.27. The predicted molar refractivity (Wildman–Crippen MR) is 84.1 cm³/mol. The zero-order valence-electron chi connectivity index (χ0n) is 12.2. The molecule has 1 saturated carbocycles. The number of hydrogen-bond donors (Lipinski definition) is 2. The van der Waals surface area contributed by atoms with Gasteiger partial charge in [0.2, 0.25) is 0 Å². The van der Waals surface area contributed by atoms with Gasteiger partial charge in [-0.25, -0.2) is 0 Å². The minimum absolute atomic E-state index is 0.107. The van der Waals surface area contributed by atoms with Crippen molar-refractivity contribution < 1.29 is 0 Å². The number of hydrogen-bond acceptors (Lipinski definition) is 2. The van der Waals surface area contributed by atoms with Crippen molar-refractivity contribution >= 4 is 17.3 Å². The summed E-state index contributed by atoms with van der Waals surface area (Å²) in [5.74, 6) is 0.969. The van der Waals surface area contributed by atoms with E-state index in [-0.39, 0.29) is 5.41 Å². The molecule has 1 heterocycles. The van der Waals surface area contributed by atoms with Crippen LogP contribution in [0.3, 0.4) is 0 Å². The van der Waals surface area contributed by atoms with Gasteiger partial charge < -0.3 is 10.6 Å². The van der Waals surface area contributed by atoms with Gasteiger partial charge in [0.1, 0.15) is 0 Å². The maximum absolute atomic E-state index is 4.76. The quantitative estimate of drug-likeness (QED) is 0.642.